The fraction of sp³-hybridized carbons (Fsp3) is 0.174. The van der Waals surface area contributed by atoms with Crippen molar-refractivity contribution in [2.24, 2.45) is 10.2 Å². The first-order chi connectivity index (χ1) is 15.4. The monoisotopic (exact) mass is 468 g/mol. The zero-order valence-electron chi connectivity index (χ0n) is 17.1. The summed E-state index contributed by atoms with van der Waals surface area (Å²) in [4.78, 5) is 13.0. The van der Waals surface area contributed by atoms with E-state index in [9.17, 15) is 13.2 Å². The standard InChI is InChI=1S/C23H21ClN4O3S/c24-17-8-14-21(15-9-17)32(30,31)28-16-4-7-22(28)23(29)25-18-10-12-20(13-11-18)27-26-19-5-2-1-3-6-19/h1-3,5-6,8-15,22H,4,7,16H2,(H,25,29)/t22-/m1/s1. The van der Waals surface area contributed by atoms with Gasteiger partial charge in [0, 0.05) is 17.3 Å². The van der Waals surface area contributed by atoms with Gasteiger partial charge in [-0.3, -0.25) is 4.79 Å². The maximum absolute atomic E-state index is 13.0. The molecule has 0 bridgehead atoms. The fourth-order valence-corrected chi connectivity index (χ4v) is 5.26. The van der Waals surface area contributed by atoms with E-state index in [-0.39, 0.29) is 10.8 Å². The Kier molecular flexibility index (Phi) is 6.64. The van der Waals surface area contributed by atoms with E-state index in [1.165, 1.54) is 28.6 Å². The van der Waals surface area contributed by atoms with Gasteiger partial charge < -0.3 is 5.32 Å². The van der Waals surface area contributed by atoms with E-state index in [4.69, 9.17) is 11.6 Å². The maximum Gasteiger partial charge on any atom is 0.243 e. The van der Waals surface area contributed by atoms with Crippen molar-refractivity contribution in [2.75, 3.05) is 11.9 Å². The normalized spacial score (nSPS) is 17.0. The van der Waals surface area contributed by atoms with Crippen LogP contribution in [0.25, 0.3) is 0 Å². The molecule has 164 valence electrons. The summed E-state index contributed by atoms with van der Waals surface area (Å²) < 4.78 is 27.3. The number of azo groups is 1. The lowest BCUT2D eigenvalue weighted by molar-refractivity contribution is -0.119. The second-order valence-corrected chi connectivity index (χ2v) is 9.63. The molecule has 1 atom stereocenters. The largest absolute Gasteiger partial charge is 0.325 e. The van der Waals surface area contributed by atoms with Gasteiger partial charge in [-0.1, -0.05) is 29.8 Å². The van der Waals surface area contributed by atoms with E-state index < -0.39 is 16.1 Å². The van der Waals surface area contributed by atoms with Crippen molar-refractivity contribution in [3.63, 3.8) is 0 Å². The minimum atomic E-state index is -3.80. The van der Waals surface area contributed by atoms with E-state index in [1.54, 1.807) is 24.3 Å². The summed E-state index contributed by atoms with van der Waals surface area (Å²) in [5.41, 5.74) is 1.94. The third-order valence-electron chi connectivity index (χ3n) is 5.10. The predicted molar refractivity (Wildman–Crippen MR) is 124 cm³/mol. The molecule has 1 N–H and O–H groups in total. The quantitative estimate of drug-likeness (QED) is 0.481. The van der Waals surface area contributed by atoms with Gasteiger partial charge in [0.05, 0.1) is 16.3 Å². The fourth-order valence-electron chi connectivity index (χ4n) is 3.48. The molecular formula is C23H21ClN4O3S. The molecule has 0 aliphatic carbocycles. The van der Waals surface area contributed by atoms with Crippen molar-refractivity contribution in [3.05, 3.63) is 83.9 Å². The molecule has 3 aromatic carbocycles. The molecule has 1 saturated heterocycles. The van der Waals surface area contributed by atoms with Crippen LogP contribution in [0.1, 0.15) is 12.8 Å². The number of rotatable bonds is 6. The highest BCUT2D eigenvalue weighted by molar-refractivity contribution is 7.89. The van der Waals surface area contributed by atoms with E-state index in [0.29, 0.717) is 35.8 Å². The van der Waals surface area contributed by atoms with Gasteiger partial charge in [0.25, 0.3) is 0 Å². The van der Waals surface area contributed by atoms with Gasteiger partial charge in [-0.2, -0.15) is 14.5 Å². The van der Waals surface area contributed by atoms with Crippen LogP contribution in [0.4, 0.5) is 17.1 Å². The molecule has 0 aromatic heterocycles. The number of hydrogen-bond donors (Lipinski definition) is 1. The van der Waals surface area contributed by atoms with Crippen LogP contribution >= 0.6 is 11.6 Å². The molecule has 1 heterocycles. The number of halogens is 1. The van der Waals surface area contributed by atoms with Crippen LogP contribution < -0.4 is 5.32 Å². The minimum absolute atomic E-state index is 0.120. The minimum Gasteiger partial charge on any atom is -0.325 e. The molecule has 3 aromatic rings. The molecule has 1 aliphatic rings. The summed E-state index contributed by atoms with van der Waals surface area (Å²) in [6, 6.07) is 21.4. The third kappa shape index (κ3) is 5.04. The average molecular weight is 469 g/mol. The van der Waals surface area contributed by atoms with Crippen LogP contribution in [0.3, 0.4) is 0 Å². The summed E-state index contributed by atoms with van der Waals surface area (Å²) in [6.45, 7) is 0.294. The Bertz CT molecular complexity index is 1210. The van der Waals surface area contributed by atoms with E-state index in [2.05, 4.69) is 15.5 Å². The van der Waals surface area contributed by atoms with Gasteiger partial charge in [-0.25, -0.2) is 8.42 Å². The Morgan fingerprint density at radius 3 is 2.19 bits per heavy atom. The topological polar surface area (TPSA) is 91.2 Å². The van der Waals surface area contributed by atoms with Gasteiger partial charge in [0.1, 0.15) is 6.04 Å². The van der Waals surface area contributed by atoms with E-state index in [1.807, 2.05) is 30.3 Å². The number of sulfonamides is 1. The third-order valence-corrected chi connectivity index (χ3v) is 7.27. The highest BCUT2D eigenvalue weighted by Crippen LogP contribution is 2.28. The van der Waals surface area contributed by atoms with Crippen LogP contribution in [0.2, 0.25) is 5.02 Å². The summed E-state index contributed by atoms with van der Waals surface area (Å²) in [6.07, 6.45) is 1.08. The van der Waals surface area contributed by atoms with E-state index >= 15 is 0 Å². The van der Waals surface area contributed by atoms with Crippen LogP contribution in [0, 0.1) is 0 Å². The smallest absolute Gasteiger partial charge is 0.243 e. The molecule has 4 rings (SSSR count). The first kappa shape index (κ1) is 22.1. The number of amides is 1. The van der Waals surface area contributed by atoms with E-state index in [0.717, 1.165) is 5.69 Å². The first-order valence-corrected chi connectivity index (χ1v) is 11.9. The summed E-state index contributed by atoms with van der Waals surface area (Å²) in [5, 5.41) is 11.6. The molecule has 32 heavy (non-hydrogen) atoms. The zero-order valence-corrected chi connectivity index (χ0v) is 18.6. The SMILES string of the molecule is O=C(Nc1ccc(N=Nc2ccccc2)cc1)[C@H]1CCCN1S(=O)(=O)c1ccc(Cl)cc1. The molecule has 1 aliphatic heterocycles. The van der Waals surface area contributed by atoms with Crippen molar-refractivity contribution in [1.29, 1.82) is 0 Å². The van der Waals surface area contributed by atoms with Crippen molar-refractivity contribution in [3.8, 4) is 0 Å². The average Bonchev–Trinajstić information content (AvgIpc) is 3.31. The second kappa shape index (κ2) is 9.60. The molecule has 9 heteroatoms. The summed E-state index contributed by atoms with van der Waals surface area (Å²) in [5.74, 6) is -0.362. The molecule has 0 radical (unpaired) electrons. The summed E-state index contributed by atoms with van der Waals surface area (Å²) in [7, 11) is -3.80. The molecule has 0 saturated carbocycles. The van der Waals surface area contributed by atoms with Gasteiger partial charge in [0.15, 0.2) is 0 Å². The summed E-state index contributed by atoms with van der Waals surface area (Å²) >= 11 is 5.87. The Labute approximate surface area is 191 Å². The Morgan fingerprint density at radius 1 is 0.906 bits per heavy atom. The van der Waals surface area contributed by atoms with Crippen LogP contribution in [-0.2, 0) is 14.8 Å². The lowest BCUT2D eigenvalue weighted by Crippen LogP contribution is -2.43. The van der Waals surface area contributed by atoms with Crippen molar-refractivity contribution in [1.82, 2.24) is 4.31 Å². The Balaban J connectivity index is 1.44. The van der Waals surface area contributed by atoms with Crippen molar-refractivity contribution >= 4 is 44.6 Å². The van der Waals surface area contributed by atoms with Gasteiger partial charge in [0.2, 0.25) is 15.9 Å². The predicted octanol–water partition coefficient (Wildman–Crippen LogP) is 5.55. The van der Waals surface area contributed by atoms with Crippen molar-refractivity contribution < 1.29 is 13.2 Å². The molecule has 1 amide bonds. The van der Waals surface area contributed by atoms with Crippen LogP contribution in [-0.4, -0.2) is 31.2 Å². The number of hydrogen-bond acceptors (Lipinski definition) is 5. The molecular weight excluding hydrogens is 448 g/mol. The zero-order chi connectivity index (χ0) is 22.6. The van der Waals surface area contributed by atoms with Crippen molar-refractivity contribution in [2.45, 2.75) is 23.8 Å². The highest BCUT2D eigenvalue weighted by atomic mass is 35.5. The Hall–Kier alpha value is -3.07. The second-order valence-electron chi connectivity index (χ2n) is 7.30. The molecule has 1 fully saturated rings. The highest BCUT2D eigenvalue weighted by Gasteiger charge is 2.39. The van der Waals surface area contributed by atoms with Gasteiger partial charge >= 0.3 is 0 Å². The number of carbonyl (C=O) groups is 1. The van der Waals surface area contributed by atoms with Gasteiger partial charge in [-0.05, 0) is 73.5 Å². The number of carbonyl (C=O) groups excluding carboxylic acids is 1. The van der Waals surface area contributed by atoms with Crippen LogP contribution in [0.5, 0.6) is 0 Å². The molecule has 0 unspecified atom stereocenters. The molecule has 0 spiro atoms. The lowest BCUT2D eigenvalue weighted by Gasteiger charge is -2.23. The number of anilines is 1. The van der Waals surface area contributed by atoms with Gasteiger partial charge in [-0.15, -0.1) is 0 Å². The van der Waals surface area contributed by atoms with Crippen LogP contribution in [0.15, 0.2) is 94.0 Å². The first-order valence-electron chi connectivity index (χ1n) is 10.1. The number of nitrogens with one attached hydrogen (secondary N) is 1. The Morgan fingerprint density at radius 2 is 1.53 bits per heavy atom. The molecule has 7 nitrogen and oxygen atoms in total. The maximum atomic E-state index is 13.0. The number of benzene rings is 3. The number of nitrogens with zero attached hydrogens (tertiary/aromatic N) is 3. The lowest BCUT2D eigenvalue weighted by atomic mass is 10.2.